The number of nitrogens with two attached hydrogens (primary N) is 1. The van der Waals surface area contributed by atoms with Crippen LogP contribution in [0.15, 0.2) is 24.3 Å². The largest absolute Gasteiger partial charge is 0.320 e. The lowest BCUT2D eigenvalue weighted by molar-refractivity contribution is 0.582. The fourth-order valence-corrected chi connectivity index (χ4v) is 1.75. The van der Waals surface area contributed by atoms with E-state index in [1.165, 1.54) is 0 Å². The lowest BCUT2D eigenvalue weighted by Crippen LogP contribution is -2.24. The third-order valence-electron chi connectivity index (χ3n) is 2.16. The SMILES string of the molecule is CCS(=O)(=O)NCc1ccc(C#CCN)cc1. The number of hydrogen-bond donors (Lipinski definition) is 2. The summed E-state index contributed by atoms with van der Waals surface area (Å²) >= 11 is 0. The van der Waals surface area contributed by atoms with Crippen molar-refractivity contribution >= 4 is 10.0 Å². The lowest BCUT2D eigenvalue weighted by Gasteiger charge is -2.04. The normalized spacial score (nSPS) is 10.7. The number of nitrogens with one attached hydrogen (secondary N) is 1. The average molecular weight is 252 g/mol. The molecule has 0 saturated carbocycles. The van der Waals surface area contributed by atoms with Crippen molar-refractivity contribution in [2.24, 2.45) is 5.73 Å². The number of sulfonamides is 1. The van der Waals surface area contributed by atoms with Crippen LogP contribution in [-0.2, 0) is 16.6 Å². The fraction of sp³-hybridized carbons (Fsp3) is 0.333. The fourth-order valence-electron chi connectivity index (χ4n) is 1.15. The minimum absolute atomic E-state index is 0.0903. The summed E-state index contributed by atoms with van der Waals surface area (Å²) in [4.78, 5) is 0. The van der Waals surface area contributed by atoms with Crippen molar-refractivity contribution in [2.75, 3.05) is 12.3 Å². The van der Waals surface area contributed by atoms with Crippen LogP contribution in [-0.4, -0.2) is 20.7 Å². The second kappa shape index (κ2) is 6.40. The van der Waals surface area contributed by atoms with Crippen molar-refractivity contribution in [3.05, 3.63) is 35.4 Å². The Labute approximate surface area is 102 Å². The van der Waals surface area contributed by atoms with Crippen molar-refractivity contribution < 1.29 is 8.42 Å². The van der Waals surface area contributed by atoms with E-state index in [4.69, 9.17) is 5.73 Å². The van der Waals surface area contributed by atoms with E-state index in [9.17, 15) is 8.42 Å². The maximum Gasteiger partial charge on any atom is 0.211 e. The molecule has 92 valence electrons. The molecule has 0 saturated heterocycles. The van der Waals surface area contributed by atoms with Crippen molar-refractivity contribution in [1.82, 2.24) is 4.72 Å². The van der Waals surface area contributed by atoms with E-state index < -0.39 is 10.0 Å². The molecule has 0 bridgehead atoms. The second-order valence-electron chi connectivity index (χ2n) is 3.43. The van der Waals surface area contributed by atoms with Gasteiger partial charge >= 0.3 is 0 Å². The summed E-state index contributed by atoms with van der Waals surface area (Å²) in [5.74, 6) is 5.75. The first kappa shape index (κ1) is 13.7. The molecule has 0 aliphatic carbocycles. The Kier molecular flexibility index (Phi) is 5.16. The van der Waals surface area contributed by atoms with Gasteiger partial charge < -0.3 is 5.73 Å². The lowest BCUT2D eigenvalue weighted by atomic mass is 10.1. The standard InChI is InChI=1S/C12H16N2O2S/c1-2-17(15,16)14-10-12-7-5-11(6-8-12)4-3-9-13/h5-8,14H,2,9-10,13H2,1H3. The van der Waals surface area contributed by atoms with Gasteiger partial charge in [0.05, 0.1) is 12.3 Å². The smallest absolute Gasteiger partial charge is 0.211 e. The third-order valence-corrected chi connectivity index (χ3v) is 3.51. The third kappa shape index (κ3) is 5.00. The zero-order valence-corrected chi connectivity index (χ0v) is 10.5. The van der Waals surface area contributed by atoms with Crippen LogP contribution < -0.4 is 10.5 Å². The number of hydrogen-bond acceptors (Lipinski definition) is 3. The van der Waals surface area contributed by atoms with Crippen LogP contribution in [0.4, 0.5) is 0 Å². The Morgan fingerprint density at radius 2 is 1.94 bits per heavy atom. The average Bonchev–Trinajstić information content (AvgIpc) is 2.35. The predicted molar refractivity (Wildman–Crippen MR) is 68.7 cm³/mol. The number of benzene rings is 1. The van der Waals surface area contributed by atoms with Crippen LogP contribution >= 0.6 is 0 Å². The maximum atomic E-state index is 11.2. The first-order valence-electron chi connectivity index (χ1n) is 5.32. The van der Waals surface area contributed by atoms with Crippen molar-refractivity contribution in [3.63, 3.8) is 0 Å². The van der Waals surface area contributed by atoms with E-state index in [1.807, 2.05) is 24.3 Å². The van der Waals surface area contributed by atoms with E-state index in [0.29, 0.717) is 13.1 Å². The highest BCUT2D eigenvalue weighted by molar-refractivity contribution is 7.89. The van der Waals surface area contributed by atoms with Crippen LogP contribution in [0, 0.1) is 11.8 Å². The summed E-state index contributed by atoms with van der Waals surface area (Å²) in [6, 6.07) is 7.38. The molecule has 4 nitrogen and oxygen atoms in total. The van der Waals surface area contributed by atoms with Crippen molar-refractivity contribution in [1.29, 1.82) is 0 Å². The molecule has 3 N–H and O–H groups in total. The summed E-state index contributed by atoms with van der Waals surface area (Å²) in [5.41, 5.74) is 7.04. The van der Waals surface area contributed by atoms with Gasteiger partial charge in [0.1, 0.15) is 0 Å². The molecule has 1 rings (SSSR count). The molecule has 0 aromatic heterocycles. The van der Waals surface area contributed by atoms with Gasteiger partial charge in [-0.3, -0.25) is 0 Å². The topological polar surface area (TPSA) is 72.2 Å². The Morgan fingerprint density at radius 1 is 1.29 bits per heavy atom. The Bertz CT molecular complexity index is 510. The number of rotatable bonds is 4. The summed E-state index contributed by atoms with van der Waals surface area (Å²) < 4.78 is 25.0. The first-order valence-corrected chi connectivity index (χ1v) is 6.98. The van der Waals surface area contributed by atoms with E-state index in [2.05, 4.69) is 16.6 Å². The highest BCUT2D eigenvalue weighted by atomic mass is 32.2. The minimum atomic E-state index is -3.14. The van der Waals surface area contributed by atoms with Gasteiger partial charge in [0.25, 0.3) is 0 Å². The van der Waals surface area contributed by atoms with Gasteiger partial charge in [-0.05, 0) is 24.6 Å². The molecule has 0 aliphatic heterocycles. The van der Waals surface area contributed by atoms with Gasteiger partial charge in [-0.2, -0.15) is 0 Å². The quantitative estimate of drug-likeness (QED) is 0.764. The Balaban J connectivity index is 2.63. The van der Waals surface area contributed by atoms with Gasteiger partial charge in [0.15, 0.2) is 0 Å². The molecule has 17 heavy (non-hydrogen) atoms. The van der Waals surface area contributed by atoms with E-state index in [-0.39, 0.29) is 5.75 Å². The van der Waals surface area contributed by atoms with E-state index in [0.717, 1.165) is 11.1 Å². The highest BCUT2D eigenvalue weighted by Gasteiger charge is 2.05. The summed E-state index contributed by atoms with van der Waals surface area (Å²) in [6.45, 7) is 2.24. The van der Waals surface area contributed by atoms with Crippen LogP contribution in [0.25, 0.3) is 0 Å². The van der Waals surface area contributed by atoms with Crippen LogP contribution in [0.3, 0.4) is 0 Å². The Morgan fingerprint density at radius 3 is 2.47 bits per heavy atom. The molecule has 0 heterocycles. The molecule has 1 aromatic carbocycles. The zero-order chi connectivity index (χ0) is 12.7. The zero-order valence-electron chi connectivity index (χ0n) is 9.73. The highest BCUT2D eigenvalue weighted by Crippen LogP contribution is 2.03. The van der Waals surface area contributed by atoms with Crippen molar-refractivity contribution in [2.45, 2.75) is 13.5 Å². The van der Waals surface area contributed by atoms with Gasteiger partial charge in [-0.15, -0.1) is 0 Å². The Hall–Kier alpha value is -1.35. The molecule has 0 radical (unpaired) electrons. The molecular formula is C12H16N2O2S. The molecule has 5 heteroatoms. The first-order chi connectivity index (χ1) is 8.07. The van der Waals surface area contributed by atoms with Gasteiger partial charge in [0, 0.05) is 12.1 Å². The molecule has 0 atom stereocenters. The van der Waals surface area contributed by atoms with E-state index in [1.54, 1.807) is 6.92 Å². The molecule has 1 aromatic rings. The van der Waals surface area contributed by atoms with Gasteiger partial charge in [-0.1, -0.05) is 24.0 Å². The van der Waals surface area contributed by atoms with Gasteiger partial charge in [-0.25, -0.2) is 13.1 Å². The summed E-state index contributed by atoms with van der Waals surface area (Å²) in [6.07, 6.45) is 0. The van der Waals surface area contributed by atoms with Crippen molar-refractivity contribution in [3.8, 4) is 11.8 Å². The molecule has 0 fully saturated rings. The monoisotopic (exact) mass is 252 g/mol. The second-order valence-corrected chi connectivity index (χ2v) is 5.52. The van der Waals surface area contributed by atoms with E-state index >= 15 is 0 Å². The summed E-state index contributed by atoms with van der Waals surface area (Å²) in [7, 11) is -3.14. The molecule has 0 amide bonds. The van der Waals surface area contributed by atoms with Gasteiger partial charge in [0.2, 0.25) is 10.0 Å². The minimum Gasteiger partial charge on any atom is -0.320 e. The van der Waals surface area contributed by atoms with Crippen LogP contribution in [0.1, 0.15) is 18.1 Å². The molecule has 0 spiro atoms. The summed E-state index contributed by atoms with van der Waals surface area (Å²) in [5, 5.41) is 0. The van der Waals surface area contributed by atoms with Crippen LogP contribution in [0.2, 0.25) is 0 Å². The predicted octanol–water partition coefficient (Wildman–Crippen LogP) is 0.436. The molecule has 0 unspecified atom stereocenters. The molecule has 0 aliphatic rings. The maximum absolute atomic E-state index is 11.2. The van der Waals surface area contributed by atoms with Crippen LogP contribution in [0.5, 0.6) is 0 Å². The molecular weight excluding hydrogens is 236 g/mol.